The van der Waals surface area contributed by atoms with E-state index in [1.54, 1.807) is 7.11 Å². The summed E-state index contributed by atoms with van der Waals surface area (Å²) in [6.07, 6.45) is 0.372. The quantitative estimate of drug-likeness (QED) is 0.806. The molecule has 16 heavy (non-hydrogen) atoms. The number of nitrogens with one attached hydrogen (secondary N) is 1. The lowest BCUT2D eigenvalue weighted by Crippen LogP contribution is -2.32. The van der Waals surface area contributed by atoms with Crippen molar-refractivity contribution >= 4 is 5.69 Å². The van der Waals surface area contributed by atoms with E-state index in [2.05, 4.69) is 19.2 Å². The van der Waals surface area contributed by atoms with Crippen LogP contribution in [-0.4, -0.2) is 18.3 Å². The molecule has 2 rings (SSSR count). The first-order valence-electron chi connectivity index (χ1n) is 5.75. The number of methoxy groups -OCH3 is 1. The highest BCUT2D eigenvalue weighted by Gasteiger charge is 2.28. The maximum atomic E-state index is 10.1. The number of aliphatic hydroxyl groups is 1. The molecule has 0 saturated carbocycles. The third-order valence-corrected chi connectivity index (χ3v) is 3.25. The Morgan fingerprint density at radius 1 is 1.44 bits per heavy atom. The Morgan fingerprint density at radius 2 is 2.19 bits per heavy atom. The summed E-state index contributed by atoms with van der Waals surface area (Å²) in [4.78, 5) is 0. The van der Waals surface area contributed by atoms with Gasteiger partial charge in [-0.1, -0.05) is 26.0 Å². The fourth-order valence-electron chi connectivity index (χ4n) is 2.20. The largest absolute Gasteiger partial charge is 0.495 e. The first kappa shape index (κ1) is 11.3. The van der Waals surface area contributed by atoms with Gasteiger partial charge < -0.3 is 15.2 Å². The van der Waals surface area contributed by atoms with Gasteiger partial charge in [0.25, 0.3) is 0 Å². The van der Waals surface area contributed by atoms with Crippen LogP contribution in [0.15, 0.2) is 18.2 Å². The van der Waals surface area contributed by atoms with Crippen molar-refractivity contribution in [3.63, 3.8) is 0 Å². The molecule has 0 aromatic heterocycles. The fourth-order valence-corrected chi connectivity index (χ4v) is 2.20. The van der Waals surface area contributed by atoms with Gasteiger partial charge in [0.15, 0.2) is 0 Å². The van der Waals surface area contributed by atoms with Crippen molar-refractivity contribution in [1.29, 1.82) is 0 Å². The van der Waals surface area contributed by atoms with Crippen molar-refractivity contribution in [2.24, 2.45) is 5.92 Å². The molecule has 0 amide bonds. The molecule has 1 aromatic carbocycles. The number of hydrogen-bond donors (Lipinski definition) is 2. The third-order valence-electron chi connectivity index (χ3n) is 3.25. The molecule has 0 saturated heterocycles. The van der Waals surface area contributed by atoms with Gasteiger partial charge >= 0.3 is 0 Å². The van der Waals surface area contributed by atoms with Crippen molar-refractivity contribution in [1.82, 2.24) is 0 Å². The fraction of sp³-hybridized carbons (Fsp3) is 0.538. The molecule has 2 atom stereocenters. The SMILES string of the molecule is COc1cccc2c1NC(C(C)C)CC2O. The van der Waals surface area contributed by atoms with E-state index in [0.29, 0.717) is 12.0 Å². The van der Waals surface area contributed by atoms with Gasteiger partial charge in [-0.3, -0.25) is 0 Å². The van der Waals surface area contributed by atoms with Gasteiger partial charge in [0.2, 0.25) is 0 Å². The highest BCUT2D eigenvalue weighted by molar-refractivity contribution is 5.64. The van der Waals surface area contributed by atoms with Crippen molar-refractivity contribution in [2.75, 3.05) is 12.4 Å². The minimum atomic E-state index is -0.390. The second-order valence-corrected chi connectivity index (χ2v) is 4.67. The molecule has 2 unspecified atom stereocenters. The van der Waals surface area contributed by atoms with Crippen LogP contribution in [0.1, 0.15) is 31.9 Å². The molecule has 3 heteroatoms. The number of ether oxygens (including phenoxy) is 1. The topological polar surface area (TPSA) is 41.5 Å². The second-order valence-electron chi connectivity index (χ2n) is 4.67. The number of fused-ring (bicyclic) bond motifs is 1. The average Bonchev–Trinajstić information content (AvgIpc) is 2.28. The van der Waals surface area contributed by atoms with Crippen molar-refractivity contribution in [2.45, 2.75) is 32.4 Å². The zero-order valence-electron chi connectivity index (χ0n) is 10.0. The number of para-hydroxylation sites is 1. The van der Waals surface area contributed by atoms with Gasteiger partial charge in [-0.05, 0) is 18.4 Å². The van der Waals surface area contributed by atoms with Gasteiger partial charge in [0.05, 0.1) is 18.9 Å². The Hall–Kier alpha value is -1.22. The van der Waals surface area contributed by atoms with E-state index in [1.807, 2.05) is 18.2 Å². The molecule has 0 radical (unpaired) electrons. The molecule has 0 fully saturated rings. The van der Waals surface area contributed by atoms with Crippen LogP contribution < -0.4 is 10.1 Å². The summed E-state index contributed by atoms with van der Waals surface area (Å²) in [7, 11) is 1.66. The first-order chi connectivity index (χ1) is 7.63. The predicted molar refractivity (Wildman–Crippen MR) is 64.8 cm³/mol. The number of benzene rings is 1. The van der Waals surface area contributed by atoms with Gasteiger partial charge in [-0.2, -0.15) is 0 Å². The van der Waals surface area contributed by atoms with E-state index in [0.717, 1.165) is 23.4 Å². The monoisotopic (exact) mass is 221 g/mol. The highest BCUT2D eigenvalue weighted by Crippen LogP contribution is 2.40. The maximum absolute atomic E-state index is 10.1. The maximum Gasteiger partial charge on any atom is 0.142 e. The molecule has 3 nitrogen and oxygen atoms in total. The van der Waals surface area contributed by atoms with E-state index < -0.39 is 6.10 Å². The van der Waals surface area contributed by atoms with Crippen LogP contribution in [0.4, 0.5) is 5.69 Å². The molecule has 1 heterocycles. The van der Waals surface area contributed by atoms with Gasteiger partial charge in [-0.25, -0.2) is 0 Å². The summed E-state index contributed by atoms with van der Waals surface area (Å²) in [5.41, 5.74) is 1.89. The zero-order chi connectivity index (χ0) is 11.7. The smallest absolute Gasteiger partial charge is 0.142 e. The van der Waals surface area contributed by atoms with Crippen LogP contribution in [0.2, 0.25) is 0 Å². The summed E-state index contributed by atoms with van der Waals surface area (Å²) in [5.74, 6) is 1.30. The van der Waals surface area contributed by atoms with Crippen LogP contribution in [0.5, 0.6) is 5.75 Å². The number of hydrogen-bond acceptors (Lipinski definition) is 3. The Morgan fingerprint density at radius 3 is 2.81 bits per heavy atom. The second kappa shape index (κ2) is 4.34. The molecule has 1 aliphatic heterocycles. The van der Waals surface area contributed by atoms with Crippen LogP contribution >= 0.6 is 0 Å². The minimum absolute atomic E-state index is 0.304. The zero-order valence-corrected chi connectivity index (χ0v) is 10.0. The molecule has 0 spiro atoms. The Kier molecular flexibility index (Phi) is 3.06. The average molecular weight is 221 g/mol. The molecule has 88 valence electrons. The van der Waals surface area contributed by atoms with E-state index in [9.17, 15) is 5.11 Å². The molecule has 1 aromatic rings. The molecule has 1 aliphatic rings. The van der Waals surface area contributed by atoms with Gasteiger partial charge in [-0.15, -0.1) is 0 Å². The molecule has 0 aliphatic carbocycles. The summed E-state index contributed by atoms with van der Waals surface area (Å²) in [6, 6.07) is 6.09. The van der Waals surface area contributed by atoms with E-state index in [1.165, 1.54) is 0 Å². The summed E-state index contributed by atoms with van der Waals surface area (Å²) in [6.45, 7) is 4.32. The van der Waals surface area contributed by atoms with Crippen molar-refractivity contribution < 1.29 is 9.84 Å². The van der Waals surface area contributed by atoms with Crippen molar-refractivity contribution in [3.8, 4) is 5.75 Å². The van der Waals surface area contributed by atoms with Gasteiger partial charge in [0, 0.05) is 11.6 Å². The van der Waals surface area contributed by atoms with Crippen LogP contribution in [0.3, 0.4) is 0 Å². The Labute approximate surface area is 96.4 Å². The highest BCUT2D eigenvalue weighted by atomic mass is 16.5. The number of aliphatic hydroxyl groups excluding tert-OH is 1. The normalized spacial score (nSPS) is 23.8. The van der Waals surface area contributed by atoms with Crippen LogP contribution in [0.25, 0.3) is 0 Å². The number of anilines is 1. The summed E-state index contributed by atoms with van der Waals surface area (Å²) >= 11 is 0. The van der Waals surface area contributed by atoms with E-state index >= 15 is 0 Å². The minimum Gasteiger partial charge on any atom is -0.495 e. The summed E-state index contributed by atoms with van der Waals surface area (Å²) in [5, 5.41) is 13.6. The Balaban J connectivity index is 2.39. The van der Waals surface area contributed by atoms with Gasteiger partial charge in [0.1, 0.15) is 5.75 Å². The van der Waals surface area contributed by atoms with E-state index in [-0.39, 0.29) is 0 Å². The molecular formula is C13H19NO2. The molecule has 2 N–H and O–H groups in total. The number of rotatable bonds is 2. The lowest BCUT2D eigenvalue weighted by atomic mass is 9.89. The van der Waals surface area contributed by atoms with E-state index in [4.69, 9.17) is 4.74 Å². The molecule has 0 bridgehead atoms. The predicted octanol–water partition coefficient (Wildman–Crippen LogP) is 2.57. The van der Waals surface area contributed by atoms with Crippen LogP contribution in [0, 0.1) is 5.92 Å². The van der Waals surface area contributed by atoms with Crippen LogP contribution in [-0.2, 0) is 0 Å². The first-order valence-corrected chi connectivity index (χ1v) is 5.75. The van der Waals surface area contributed by atoms with Crippen molar-refractivity contribution in [3.05, 3.63) is 23.8 Å². The standard InChI is InChI=1S/C13H19NO2/c1-8(2)10-7-11(15)9-5-4-6-12(16-3)13(9)14-10/h4-6,8,10-11,14-15H,7H2,1-3H3. The lowest BCUT2D eigenvalue weighted by molar-refractivity contribution is 0.147. The Bertz CT molecular complexity index is 376. The third kappa shape index (κ3) is 1.87. The lowest BCUT2D eigenvalue weighted by Gasteiger charge is -2.33. The summed E-state index contributed by atoms with van der Waals surface area (Å²) < 4.78 is 5.32. The molecular weight excluding hydrogens is 202 g/mol.